The van der Waals surface area contributed by atoms with Crippen molar-refractivity contribution in [2.75, 3.05) is 31.6 Å². The van der Waals surface area contributed by atoms with Gasteiger partial charge in [0, 0.05) is 19.1 Å². The Labute approximate surface area is 117 Å². The molecule has 0 bridgehead atoms. The number of likely N-dealkylation sites (tertiary alicyclic amines) is 1. The highest BCUT2D eigenvalue weighted by Gasteiger charge is 2.35. The quantitative estimate of drug-likeness (QED) is 0.845. The number of fused-ring (bicyclic) bond motifs is 1. The van der Waals surface area contributed by atoms with Crippen molar-refractivity contribution < 1.29 is 0 Å². The number of H-pyrrole nitrogens is 1. The number of halogens is 1. The molecule has 0 spiro atoms. The van der Waals surface area contributed by atoms with Crippen LogP contribution in [0.15, 0.2) is 11.1 Å². The van der Waals surface area contributed by atoms with Gasteiger partial charge in [-0.15, -0.1) is 0 Å². The Morgan fingerprint density at radius 1 is 1.42 bits per heavy atom. The van der Waals surface area contributed by atoms with Crippen molar-refractivity contribution in [3.63, 3.8) is 0 Å². The number of nitrogens with zero attached hydrogens (tertiary/aromatic N) is 3. The molecule has 3 rings (SSSR count). The topological polar surface area (TPSA) is 52.2 Å². The lowest BCUT2D eigenvalue weighted by Gasteiger charge is -2.46. The molecule has 0 amide bonds. The van der Waals surface area contributed by atoms with Crippen LogP contribution in [-0.4, -0.2) is 47.6 Å². The number of piperidine rings is 2. The monoisotopic (exact) mass is 282 g/mol. The molecule has 1 N–H and O–H groups in total. The molecule has 2 atom stereocenters. The minimum Gasteiger partial charge on any atom is -0.355 e. The third-order valence-corrected chi connectivity index (χ3v) is 4.76. The molecule has 6 heteroatoms. The number of anilines is 1. The normalized spacial score (nSPS) is 28.2. The summed E-state index contributed by atoms with van der Waals surface area (Å²) < 4.78 is 0. The van der Waals surface area contributed by atoms with E-state index in [1.54, 1.807) is 0 Å². The van der Waals surface area contributed by atoms with Crippen molar-refractivity contribution in [2.45, 2.75) is 25.3 Å². The standard InChI is InChI=1S/C13H19ClN4O/c1-17-5-2-3-9-7-18(6-4-10(9)17)12-11(14)13(19)16-8-15-12/h8-10H,2-7H2,1H3,(H,15,16,19). The van der Waals surface area contributed by atoms with Crippen molar-refractivity contribution in [3.8, 4) is 0 Å². The van der Waals surface area contributed by atoms with Gasteiger partial charge in [-0.3, -0.25) is 4.79 Å². The van der Waals surface area contributed by atoms with Crippen LogP contribution in [-0.2, 0) is 0 Å². The van der Waals surface area contributed by atoms with E-state index < -0.39 is 0 Å². The van der Waals surface area contributed by atoms with Crippen LogP contribution >= 0.6 is 11.6 Å². The fraction of sp³-hybridized carbons (Fsp3) is 0.692. The maximum atomic E-state index is 11.6. The van der Waals surface area contributed by atoms with E-state index in [2.05, 4.69) is 26.8 Å². The largest absolute Gasteiger partial charge is 0.355 e. The lowest BCUT2D eigenvalue weighted by molar-refractivity contribution is 0.102. The molecule has 1 aromatic rings. The Morgan fingerprint density at radius 2 is 2.26 bits per heavy atom. The molecule has 2 saturated heterocycles. The highest BCUT2D eigenvalue weighted by molar-refractivity contribution is 6.32. The number of aromatic nitrogens is 2. The van der Waals surface area contributed by atoms with Crippen LogP contribution in [0.5, 0.6) is 0 Å². The Bertz CT molecular complexity index is 518. The van der Waals surface area contributed by atoms with Gasteiger partial charge in [0.05, 0.1) is 6.33 Å². The molecule has 3 heterocycles. The summed E-state index contributed by atoms with van der Waals surface area (Å²) in [6.07, 6.45) is 5.06. The Balaban J connectivity index is 1.81. The zero-order chi connectivity index (χ0) is 13.4. The molecule has 5 nitrogen and oxygen atoms in total. The van der Waals surface area contributed by atoms with Crippen LogP contribution in [0.1, 0.15) is 19.3 Å². The first-order chi connectivity index (χ1) is 9.16. The van der Waals surface area contributed by atoms with E-state index in [0.29, 0.717) is 17.8 Å². The highest BCUT2D eigenvalue weighted by atomic mass is 35.5. The molecule has 1 aromatic heterocycles. The Morgan fingerprint density at radius 3 is 3.11 bits per heavy atom. The molecular formula is C13H19ClN4O. The van der Waals surface area contributed by atoms with Gasteiger partial charge in [-0.1, -0.05) is 11.6 Å². The van der Waals surface area contributed by atoms with E-state index in [1.807, 2.05) is 0 Å². The van der Waals surface area contributed by atoms with Gasteiger partial charge in [-0.05, 0) is 38.8 Å². The lowest BCUT2D eigenvalue weighted by Crippen LogP contribution is -2.53. The summed E-state index contributed by atoms with van der Waals surface area (Å²) in [6, 6.07) is 0.672. The van der Waals surface area contributed by atoms with Crippen molar-refractivity contribution >= 4 is 17.4 Å². The van der Waals surface area contributed by atoms with E-state index in [9.17, 15) is 4.79 Å². The summed E-state index contributed by atoms with van der Waals surface area (Å²) in [4.78, 5) is 22.9. The third kappa shape index (κ3) is 2.37. The summed E-state index contributed by atoms with van der Waals surface area (Å²) in [5.74, 6) is 1.29. The van der Waals surface area contributed by atoms with E-state index in [4.69, 9.17) is 11.6 Å². The maximum absolute atomic E-state index is 11.6. The molecule has 0 aliphatic carbocycles. The molecular weight excluding hydrogens is 264 g/mol. The first-order valence-corrected chi connectivity index (χ1v) is 7.23. The average Bonchev–Trinajstić information content (AvgIpc) is 2.42. The minimum atomic E-state index is -0.255. The lowest BCUT2D eigenvalue weighted by atomic mass is 9.84. The molecule has 104 valence electrons. The maximum Gasteiger partial charge on any atom is 0.271 e. The molecule has 0 aromatic carbocycles. The van der Waals surface area contributed by atoms with Crippen LogP contribution in [0.3, 0.4) is 0 Å². The first-order valence-electron chi connectivity index (χ1n) is 6.85. The molecule has 0 saturated carbocycles. The van der Waals surface area contributed by atoms with E-state index in [0.717, 1.165) is 19.5 Å². The Kier molecular flexibility index (Phi) is 3.50. The SMILES string of the molecule is CN1CCCC2CN(c3nc[nH]c(=O)c3Cl)CCC21. The number of rotatable bonds is 1. The molecule has 2 unspecified atom stereocenters. The number of nitrogens with one attached hydrogen (secondary N) is 1. The summed E-state index contributed by atoms with van der Waals surface area (Å²) in [6.45, 7) is 3.07. The van der Waals surface area contributed by atoms with Gasteiger partial charge in [-0.2, -0.15) is 0 Å². The van der Waals surface area contributed by atoms with Crippen molar-refractivity contribution in [2.24, 2.45) is 5.92 Å². The summed E-state index contributed by atoms with van der Waals surface area (Å²) in [5.41, 5.74) is -0.255. The molecule has 2 aliphatic heterocycles. The zero-order valence-electron chi connectivity index (χ0n) is 11.1. The van der Waals surface area contributed by atoms with Crippen LogP contribution < -0.4 is 10.5 Å². The smallest absolute Gasteiger partial charge is 0.271 e. The van der Waals surface area contributed by atoms with Gasteiger partial charge in [0.1, 0.15) is 5.02 Å². The molecule has 19 heavy (non-hydrogen) atoms. The van der Waals surface area contributed by atoms with Crippen LogP contribution in [0.2, 0.25) is 5.02 Å². The van der Waals surface area contributed by atoms with E-state index in [-0.39, 0.29) is 10.6 Å². The summed E-state index contributed by atoms with van der Waals surface area (Å²) >= 11 is 6.07. The van der Waals surface area contributed by atoms with Gasteiger partial charge in [0.2, 0.25) is 0 Å². The summed E-state index contributed by atoms with van der Waals surface area (Å²) in [5, 5.41) is 0.213. The van der Waals surface area contributed by atoms with Crippen molar-refractivity contribution in [1.29, 1.82) is 0 Å². The third-order valence-electron chi connectivity index (χ3n) is 4.42. The van der Waals surface area contributed by atoms with Gasteiger partial charge >= 0.3 is 0 Å². The highest BCUT2D eigenvalue weighted by Crippen LogP contribution is 2.32. The van der Waals surface area contributed by atoms with Gasteiger partial charge in [0.25, 0.3) is 5.56 Å². The second kappa shape index (κ2) is 5.13. The van der Waals surface area contributed by atoms with Crippen molar-refractivity contribution in [1.82, 2.24) is 14.9 Å². The van der Waals surface area contributed by atoms with Crippen LogP contribution in [0, 0.1) is 5.92 Å². The minimum absolute atomic E-state index is 0.213. The first kappa shape index (κ1) is 12.9. The zero-order valence-corrected chi connectivity index (χ0v) is 11.9. The number of hydrogen-bond acceptors (Lipinski definition) is 4. The average molecular weight is 283 g/mol. The van der Waals surface area contributed by atoms with E-state index >= 15 is 0 Å². The van der Waals surface area contributed by atoms with Crippen LogP contribution in [0.4, 0.5) is 5.82 Å². The fourth-order valence-corrected chi connectivity index (χ4v) is 3.66. The molecule has 2 fully saturated rings. The van der Waals surface area contributed by atoms with Gasteiger partial charge < -0.3 is 14.8 Å². The predicted octanol–water partition coefficient (Wildman–Crippen LogP) is 1.34. The Hall–Kier alpha value is -1.07. The molecule has 0 radical (unpaired) electrons. The van der Waals surface area contributed by atoms with Crippen LogP contribution in [0.25, 0.3) is 0 Å². The second-order valence-corrected chi connectivity index (χ2v) is 5.93. The summed E-state index contributed by atoms with van der Waals surface area (Å²) in [7, 11) is 2.21. The second-order valence-electron chi connectivity index (χ2n) is 5.55. The number of hydrogen-bond donors (Lipinski definition) is 1. The van der Waals surface area contributed by atoms with Gasteiger partial charge in [0.15, 0.2) is 5.82 Å². The van der Waals surface area contributed by atoms with E-state index in [1.165, 1.54) is 25.7 Å². The van der Waals surface area contributed by atoms with Gasteiger partial charge in [-0.25, -0.2) is 4.98 Å². The molecule has 2 aliphatic rings. The predicted molar refractivity (Wildman–Crippen MR) is 75.8 cm³/mol. The number of aromatic amines is 1. The van der Waals surface area contributed by atoms with Crippen molar-refractivity contribution in [3.05, 3.63) is 21.7 Å². The fourth-order valence-electron chi connectivity index (χ4n) is 3.44.